The standard InChI is InChI=1S/C10H20N2O/c1-9(2)8-13-6-5-12-4-3-10(11)7-12/h10H,1,3-8,11H2,2H3. The number of hydrogen-bond acceptors (Lipinski definition) is 3. The molecule has 3 heteroatoms. The van der Waals surface area contributed by atoms with Gasteiger partial charge in [-0.3, -0.25) is 4.90 Å². The second-order valence-corrected chi connectivity index (χ2v) is 3.86. The third kappa shape index (κ3) is 4.41. The second kappa shape index (κ2) is 5.37. The van der Waals surface area contributed by atoms with E-state index in [1.54, 1.807) is 0 Å². The van der Waals surface area contributed by atoms with Crippen LogP contribution in [-0.2, 0) is 4.74 Å². The molecular weight excluding hydrogens is 164 g/mol. The minimum atomic E-state index is 0.376. The molecule has 1 saturated heterocycles. The van der Waals surface area contributed by atoms with Gasteiger partial charge in [0.1, 0.15) is 0 Å². The lowest BCUT2D eigenvalue weighted by Crippen LogP contribution is -2.29. The number of rotatable bonds is 5. The van der Waals surface area contributed by atoms with Gasteiger partial charge in [-0.25, -0.2) is 0 Å². The highest BCUT2D eigenvalue weighted by atomic mass is 16.5. The van der Waals surface area contributed by atoms with Gasteiger partial charge in [0.2, 0.25) is 0 Å². The normalized spacial score (nSPS) is 23.7. The fourth-order valence-corrected chi connectivity index (χ4v) is 1.51. The van der Waals surface area contributed by atoms with E-state index in [2.05, 4.69) is 11.5 Å². The first-order valence-electron chi connectivity index (χ1n) is 4.88. The highest BCUT2D eigenvalue weighted by Crippen LogP contribution is 2.05. The van der Waals surface area contributed by atoms with Crippen LogP contribution >= 0.6 is 0 Å². The molecule has 2 N–H and O–H groups in total. The zero-order valence-corrected chi connectivity index (χ0v) is 8.46. The summed E-state index contributed by atoms with van der Waals surface area (Å²) < 4.78 is 5.41. The summed E-state index contributed by atoms with van der Waals surface area (Å²) in [6, 6.07) is 0.376. The van der Waals surface area contributed by atoms with Crippen LogP contribution in [0.3, 0.4) is 0 Å². The highest BCUT2D eigenvalue weighted by molar-refractivity contribution is 4.87. The molecule has 13 heavy (non-hydrogen) atoms. The third-order valence-corrected chi connectivity index (χ3v) is 2.21. The first-order valence-corrected chi connectivity index (χ1v) is 4.88. The van der Waals surface area contributed by atoms with Gasteiger partial charge in [-0.2, -0.15) is 0 Å². The largest absolute Gasteiger partial charge is 0.376 e. The Labute approximate surface area is 80.5 Å². The number of likely N-dealkylation sites (tertiary alicyclic amines) is 1. The first-order chi connectivity index (χ1) is 6.18. The van der Waals surface area contributed by atoms with Gasteiger partial charge in [0.25, 0.3) is 0 Å². The minimum Gasteiger partial charge on any atom is -0.376 e. The number of ether oxygens (including phenoxy) is 1. The topological polar surface area (TPSA) is 38.5 Å². The number of hydrogen-bond donors (Lipinski definition) is 1. The summed E-state index contributed by atoms with van der Waals surface area (Å²) in [6.07, 6.45) is 1.13. The molecule has 0 bridgehead atoms. The van der Waals surface area contributed by atoms with Gasteiger partial charge in [-0.05, 0) is 19.9 Å². The van der Waals surface area contributed by atoms with E-state index < -0.39 is 0 Å². The van der Waals surface area contributed by atoms with Crippen molar-refractivity contribution in [3.63, 3.8) is 0 Å². The van der Waals surface area contributed by atoms with E-state index in [0.717, 1.165) is 38.2 Å². The quantitative estimate of drug-likeness (QED) is 0.502. The van der Waals surface area contributed by atoms with E-state index in [9.17, 15) is 0 Å². The predicted molar refractivity (Wildman–Crippen MR) is 54.7 cm³/mol. The molecule has 0 aromatic rings. The molecule has 76 valence electrons. The van der Waals surface area contributed by atoms with Gasteiger partial charge in [0.05, 0.1) is 13.2 Å². The predicted octanol–water partition coefficient (Wildman–Crippen LogP) is 0.612. The van der Waals surface area contributed by atoms with Crippen LogP contribution in [0.1, 0.15) is 13.3 Å². The summed E-state index contributed by atoms with van der Waals surface area (Å²) in [5.74, 6) is 0. The molecule has 1 fully saturated rings. The molecule has 0 amide bonds. The Morgan fingerprint density at radius 3 is 3.00 bits per heavy atom. The molecule has 1 aliphatic rings. The molecule has 1 unspecified atom stereocenters. The van der Waals surface area contributed by atoms with E-state index in [1.807, 2.05) is 6.92 Å². The SMILES string of the molecule is C=C(C)COCCN1CCC(N)C1. The van der Waals surface area contributed by atoms with Crippen molar-refractivity contribution < 1.29 is 4.74 Å². The molecule has 0 aromatic heterocycles. The van der Waals surface area contributed by atoms with Gasteiger partial charge < -0.3 is 10.5 Å². The second-order valence-electron chi connectivity index (χ2n) is 3.86. The fourth-order valence-electron chi connectivity index (χ4n) is 1.51. The summed E-state index contributed by atoms with van der Waals surface area (Å²) in [4.78, 5) is 2.35. The summed E-state index contributed by atoms with van der Waals surface area (Å²) in [5.41, 5.74) is 6.86. The van der Waals surface area contributed by atoms with E-state index in [-0.39, 0.29) is 0 Å². The smallest absolute Gasteiger partial charge is 0.0672 e. The lowest BCUT2D eigenvalue weighted by molar-refractivity contribution is 0.128. The Balaban J connectivity index is 1.97. The molecule has 1 heterocycles. The van der Waals surface area contributed by atoms with Crippen molar-refractivity contribution in [2.75, 3.05) is 32.8 Å². The van der Waals surface area contributed by atoms with Crippen LogP contribution < -0.4 is 5.73 Å². The van der Waals surface area contributed by atoms with Crippen molar-refractivity contribution in [2.24, 2.45) is 5.73 Å². The molecule has 1 aliphatic heterocycles. The molecule has 3 nitrogen and oxygen atoms in total. The van der Waals surface area contributed by atoms with Gasteiger partial charge in [0, 0.05) is 19.1 Å². The monoisotopic (exact) mass is 184 g/mol. The summed E-state index contributed by atoms with van der Waals surface area (Å²) in [6.45, 7) is 10.4. The molecule has 0 saturated carbocycles. The van der Waals surface area contributed by atoms with Crippen molar-refractivity contribution in [1.29, 1.82) is 0 Å². The molecule has 1 rings (SSSR count). The maximum atomic E-state index is 5.78. The number of nitrogens with two attached hydrogens (primary N) is 1. The van der Waals surface area contributed by atoms with Crippen LogP contribution in [-0.4, -0.2) is 43.8 Å². The number of nitrogens with zero attached hydrogens (tertiary/aromatic N) is 1. The zero-order valence-electron chi connectivity index (χ0n) is 8.46. The van der Waals surface area contributed by atoms with E-state index in [0.29, 0.717) is 12.6 Å². The average Bonchev–Trinajstić information content (AvgIpc) is 2.45. The average molecular weight is 184 g/mol. The van der Waals surface area contributed by atoms with Crippen LogP contribution in [0.5, 0.6) is 0 Å². The Morgan fingerprint density at radius 2 is 2.46 bits per heavy atom. The molecule has 0 spiro atoms. The van der Waals surface area contributed by atoms with Gasteiger partial charge in [-0.15, -0.1) is 0 Å². The van der Waals surface area contributed by atoms with E-state index in [4.69, 9.17) is 10.5 Å². The van der Waals surface area contributed by atoms with Crippen LogP contribution in [0.2, 0.25) is 0 Å². The van der Waals surface area contributed by atoms with Crippen molar-refractivity contribution in [3.05, 3.63) is 12.2 Å². The van der Waals surface area contributed by atoms with Crippen molar-refractivity contribution in [1.82, 2.24) is 4.90 Å². The van der Waals surface area contributed by atoms with Crippen molar-refractivity contribution >= 4 is 0 Å². The molecule has 0 aromatic carbocycles. The maximum absolute atomic E-state index is 5.78. The highest BCUT2D eigenvalue weighted by Gasteiger charge is 2.17. The van der Waals surface area contributed by atoms with Gasteiger partial charge >= 0.3 is 0 Å². The molecule has 0 aliphatic carbocycles. The van der Waals surface area contributed by atoms with Gasteiger partial charge in [-0.1, -0.05) is 12.2 Å². The van der Waals surface area contributed by atoms with E-state index in [1.165, 1.54) is 0 Å². The molecule has 0 radical (unpaired) electrons. The van der Waals surface area contributed by atoms with E-state index >= 15 is 0 Å². The lowest BCUT2D eigenvalue weighted by Gasteiger charge is -2.14. The lowest BCUT2D eigenvalue weighted by atomic mass is 10.3. The van der Waals surface area contributed by atoms with Gasteiger partial charge in [0.15, 0.2) is 0 Å². The Hall–Kier alpha value is -0.380. The van der Waals surface area contributed by atoms with Crippen LogP contribution in [0.15, 0.2) is 12.2 Å². The maximum Gasteiger partial charge on any atom is 0.0672 e. The van der Waals surface area contributed by atoms with Crippen LogP contribution in [0, 0.1) is 0 Å². The first kappa shape index (κ1) is 10.7. The van der Waals surface area contributed by atoms with Crippen LogP contribution in [0.25, 0.3) is 0 Å². The third-order valence-electron chi connectivity index (χ3n) is 2.21. The van der Waals surface area contributed by atoms with Crippen molar-refractivity contribution in [2.45, 2.75) is 19.4 Å². The summed E-state index contributed by atoms with van der Waals surface area (Å²) in [5, 5.41) is 0. The zero-order chi connectivity index (χ0) is 9.68. The Bertz CT molecular complexity index is 170. The minimum absolute atomic E-state index is 0.376. The Kier molecular flexibility index (Phi) is 4.42. The van der Waals surface area contributed by atoms with Crippen LogP contribution in [0.4, 0.5) is 0 Å². The summed E-state index contributed by atoms with van der Waals surface area (Å²) in [7, 11) is 0. The Morgan fingerprint density at radius 1 is 1.69 bits per heavy atom. The summed E-state index contributed by atoms with van der Waals surface area (Å²) >= 11 is 0. The fraction of sp³-hybridized carbons (Fsp3) is 0.800. The van der Waals surface area contributed by atoms with Crippen molar-refractivity contribution in [3.8, 4) is 0 Å². The molecule has 1 atom stereocenters. The molecular formula is C10H20N2O.